The lowest BCUT2D eigenvalue weighted by Crippen LogP contribution is -3.00. The van der Waals surface area contributed by atoms with Crippen LogP contribution in [0.4, 0.5) is 5.69 Å². The second-order valence-electron chi connectivity index (χ2n) is 6.14. The molecule has 2 N–H and O–H groups in total. The Hall–Kier alpha value is -1.99. The second-order valence-corrected chi connectivity index (χ2v) is 7.02. The summed E-state index contributed by atoms with van der Waals surface area (Å²) in [6.07, 6.45) is 4.00. The van der Waals surface area contributed by atoms with E-state index in [1.54, 1.807) is 17.8 Å². The zero-order chi connectivity index (χ0) is 17.4. The molecule has 0 spiro atoms. The molecule has 130 valence electrons. The SMILES string of the molecule is CSc1ccc(C=C2C[NH+]([O-])c3cccc(OCC4CO4)c32)c(O)c1. The van der Waals surface area contributed by atoms with Gasteiger partial charge in [0.1, 0.15) is 36.4 Å². The largest absolute Gasteiger partial charge is 0.629 e. The quantitative estimate of drug-likeness (QED) is 0.489. The van der Waals surface area contributed by atoms with Gasteiger partial charge in [-0.3, -0.25) is 0 Å². The van der Waals surface area contributed by atoms with Crippen molar-refractivity contribution in [1.82, 2.24) is 0 Å². The molecule has 0 saturated carbocycles. The van der Waals surface area contributed by atoms with Crippen molar-refractivity contribution in [3.8, 4) is 11.5 Å². The van der Waals surface area contributed by atoms with Crippen LogP contribution in [0.3, 0.4) is 0 Å². The number of hydrogen-bond acceptors (Lipinski definition) is 5. The molecule has 2 aliphatic rings. The summed E-state index contributed by atoms with van der Waals surface area (Å²) in [4.78, 5) is 0.996. The number of phenolic OH excluding ortho intramolecular Hbond substituents is 1. The summed E-state index contributed by atoms with van der Waals surface area (Å²) in [5, 5.41) is 22.7. The van der Waals surface area contributed by atoms with Crippen molar-refractivity contribution in [2.75, 3.05) is 26.0 Å². The highest BCUT2D eigenvalue weighted by Gasteiger charge is 2.29. The fourth-order valence-electron chi connectivity index (χ4n) is 3.00. The van der Waals surface area contributed by atoms with Gasteiger partial charge in [0.25, 0.3) is 0 Å². The molecule has 1 fully saturated rings. The topological polar surface area (TPSA) is 69.5 Å². The summed E-state index contributed by atoms with van der Waals surface area (Å²) in [5.41, 5.74) is 3.09. The van der Waals surface area contributed by atoms with E-state index in [-0.39, 0.29) is 16.9 Å². The molecule has 5 nitrogen and oxygen atoms in total. The van der Waals surface area contributed by atoms with E-state index in [0.717, 1.165) is 22.6 Å². The van der Waals surface area contributed by atoms with Crippen LogP contribution >= 0.6 is 11.8 Å². The molecule has 0 radical (unpaired) electrons. The van der Waals surface area contributed by atoms with Crippen molar-refractivity contribution in [2.45, 2.75) is 11.0 Å². The van der Waals surface area contributed by atoms with E-state index in [4.69, 9.17) is 9.47 Å². The first-order valence-corrected chi connectivity index (χ1v) is 9.37. The Morgan fingerprint density at radius 3 is 2.96 bits per heavy atom. The van der Waals surface area contributed by atoms with Gasteiger partial charge in [-0.2, -0.15) is 0 Å². The molecule has 1 saturated heterocycles. The molecule has 4 rings (SSSR count). The zero-order valence-corrected chi connectivity index (χ0v) is 14.6. The molecular formula is C19H19NO4S. The molecule has 0 aliphatic carbocycles. The number of nitrogens with one attached hydrogen (secondary N) is 1. The van der Waals surface area contributed by atoms with Crippen LogP contribution in [0, 0.1) is 5.21 Å². The number of fused-ring (bicyclic) bond motifs is 1. The average Bonchev–Trinajstić information content (AvgIpc) is 3.39. The van der Waals surface area contributed by atoms with Crippen molar-refractivity contribution in [1.29, 1.82) is 0 Å². The molecule has 2 atom stereocenters. The predicted molar refractivity (Wildman–Crippen MR) is 98.3 cm³/mol. The third-order valence-corrected chi connectivity index (χ3v) is 5.12. The smallest absolute Gasteiger partial charge is 0.143 e. The number of hydroxylamine groups is 1. The number of rotatable bonds is 5. The first-order valence-electron chi connectivity index (χ1n) is 8.14. The lowest BCUT2D eigenvalue weighted by molar-refractivity contribution is -0.762. The molecule has 6 heteroatoms. The molecule has 2 unspecified atom stereocenters. The first kappa shape index (κ1) is 16.5. The van der Waals surface area contributed by atoms with Crippen LogP contribution in [0.2, 0.25) is 0 Å². The number of quaternary nitrogens is 1. The predicted octanol–water partition coefficient (Wildman–Crippen LogP) is 2.46. The van der Waals surface area contributed by atoms with Gasteiger partial charge in [0, 0.05) is 22.1 Å². The van der Waals surface area contributed by atoms with Gasteiger partial charge in [-0.1, -0.05) is 12.1 Å². The number of ether oxygens (including phenoxy) is 2. The van der Waals surface area contributed by atoms with Crippen molar-refractivity contribution >= 4 is 29.1 Å². The van der Waals surface area contributed by atoms with Gasteiger partial charge < -0.3 is 24.9 Å². The summed E-state index contributed by atoms with van der Waals surface area (Å²) in [7, 11) is 0. The Bertz CT molecular complexity index is 832. The minimum atomic E-state index is 0.0783. The molecule has 0 bridgehead atoms. The Labute approximate surface area is 150 Å². The van der Waals surface area contributed by atoms with Gasteiger partial charge in [-0.25, -0.2) is 0 Å². The minimum Gasteiger partial charge on any atom is -0.629 e. The van der Waals surface area contributed by atoms with Crippen LogP contribution in [0.25, 0.3) is 11.6 Å². The lowest BCUT2D eigenvalue weighted by atomic mass is 10.0. The molecular weight excluding hydrogens is 338 g/mol. The Morgan fingerprint density at radius 1 is 1.40 bits per heavy atom. The lowest BCUT2D eigenvalue weighted by Gasteiger charge is -2.15. The van der Waals surface area contributed by atoms with E-state index in [9.17, 15) is 10.3 Å². The molecule has 2 aromatic carbocycles. The van der Waals surface area contributed by atoms with Gasteiger partial charge in [-0.15, -0.1) is 11.8 Å². The number of thioether (sulfide) groups is 1. The number of phenols is 1. The standard InChI is InChI=1S/C19H19NO4S/c1-25-15-6-5-12(17(21)8-15)7-13-9-20(22)16-3-2-4-18(19(13)16)24-11-14-10-23-14/h2-8,14,20-21H,9-11H2,1H3. The Morgan fingerprint density at radius 2 is 2.24 bits per heavy atom. The maximum atomic E-state index is 12.4. The Kier molecular flexibility index (Phi) is 4.43. The van der Waals surface area contributed by atoms with E-state index in [1.807, 2.05) is 42.7 Å². The van der Waals surface area contributed by atoms with Crippen molar-refractivity contribution < 1.29 is 19.6 Å². The highest BCUT2D eigenvalue weighted by Crippen LogP contribution is 2.37. The van der Waals surface area contributed by atoms with Crippen LogP contribution in [-0.4, -0.2) is 37.2 Å². The van der Waals surface area contributed by atoms with E-state index < -0.39 is 0 Å². The van der Waals surface area contributed by atoms with Gasteiger partial charge in [0.2, 0.25) is 0 Å². The summed E-state index contributed by atoms with van der Waals surface area (Å²) < 4.78 is 11.1. The number of hydrogen-bond donors (Lipinski definition) is 2. The van der Waals surface area contributed by atoms with Gasteiger partial charge in [0.15, 0.2) is 0 Å². The van der Waals surface area contributed by atoms with Gasteiger partial charge >= 0.3 is 0 Å². The third-order valence-electron chi connectivity index (χ3n) is 4.39. The normalized spacial score (nSPS) is 22.9. The van der Waals surface area contributed by atoms with Crippen LogP contribution in [0.1, 0.15) is 11.1 Å². The van der Waals surface area contributed by atoms with Crippen molar-refractivity contribution in [2.24, 2.45) is 0 Å². The van der Waals surface area contributed by atoms with Crippen LogP contribution in [0.5, 0.6) is 11.5 Å². The molecule has 0 amide bonds. The average molecular weight is 357 g/mol. The van der Waals surface area contributed by atoms with E-state index in [2.05, 4.69) is 0 Å². The minimum absolute atomic E-state index is 0.0783. The van der Waals surface area contributed by atoms with Crippen LogP contribution in [0.15, 0.2) is 41.3 Å². The monoisotopic (exact) mass is 357 g/mol. The third kappa shape index (κ3) is 3.39. The molecule has 25 heavy (non-hydrogen) atoms. The Balaban J connectivity index is 1.70. The summed E-state index contributed by atoms with van der Waals surface area (Å²) in [6, 6.07) is 11.1. The van der Waals surface area contributed by atoms with Crippen LogP contribution in [-0.2, 0) is 4.74 Å². The molecule has 2 heterocycles. The molecule has 2 aliphatic heterocycles. The van der Waals surface area contributed by atoms with Crippen molar-refractivity contribution in [3.63, 3.8) is 0 Å². The molecule has 2 aromatic rings. The van der Waals surface area contributed by atoms with Gasteiger partial charge in [-0.05, 0) is 30.5 Å². The summed E-state index contributed by atoms with van der Waals surface area (Å²) in [5.74, 6) is 0.912. The maximum absolute atomic E-state index is 12.4. The van der Waals surface area contributed by atoms with Crippen molar-refractivity contribution in [3.05, 3.63) is 52.7 Å². The van der Waals surface area contributed by atoms with Gasteiger partial charge in [0.05, 0.1) is 12.2 Å². The zero-order valence-electron chi connectivity index (χ0n) is 13.8. The fraction of sp³-hybridized carbons (Fsp3) is 0.263. The fourth-order valence-corrected chi connectivity index (χ4v) is 3.44. The summed E-state index contributed by atoms with van der Waals surface area (Å²) >= 11 is 1.57. The highest BCUT2D eigenvalue weighted by atomic mass is 32.2. The second kappa shape index (κ2) is 6.72. The van der Waals surface area contributed by atoms with E-state index in [1.165, 1.54) is 0 Å². The highest BCUT2D eigenvalue weighted by molar-refractivity contribution is 7.98. The number of benzene rings is 2. The number of epoxide rings is 1. The maximum Gasteiger partial charge on any atom is 0.143 e. The van der Waals surface area contributed by atoms with E-state index >= 15 is 0 Å². The first-order chi connectivity index (χ1) is 12.2. The number of aromatic hydroxyl groups is 1. The van der Waals surface area contributed by atoms with Crippen LogP contribution < -0.4 is 9.80 Å². The summed E-state index contributed by atoms with van der Waals surface area (Å²) in [6.45, 7) is 1.54. The van der Waals surface area contributed by atoms with E-state index in [0.29, 0.717) is 30.2 Å². The molecule has 0 aromatic heterocycles.